The number of benzene rings is 3. The van der Waals surface area contributed by atoms with Gasteiger partial charge in [-0.15, -0.1) is 0 Å². The number of nitrogens with zero attached hydrogens (tertiary/aromatic N) is 1. The zero-order valence-electron chi connectivity index (χ0n) is 19.6. The molecule has 33 heavy (non-hydrogen) atoms. The number of carbonyl (C=O) groups excluding carboxylic acids is 1. The normalized spacial score (nSPS) is 13.1. The Morgan fingerprint density at radius 3 is 2.18 bits per heavy atom. The highest BCUT2D eigenvalue weighted by molar-refractivity contribution is 7.92. The SMILES string of the molecule is Cc1ccc([C@H](NC(=O)[C@@H](C)Oc2ccc(N(C)S(C)(=O)=O)cc2)c2ccccc2)c(C)c1. The minimum atomic E-state index is -3.35. The molecule has 6 nitrogen and oxygen atoms in total. The van der Waals surface area contributed by atoms with E-state index in [4.69, 9.17) is 4.74 Å². The second kappa shape index (κ2) is 10.1. The number of rotatable bonds is 8. The van der Waals surface area contributed by atoms with Crippen LogP contribution in [-0.4, -0.2) is 33.7 Å². The van der Waals surface area contributed by atoms with Crippen molar-refractivity contribution < 1.29 is 17.9 Å². The highest BCUT2D eigenvalue weighted by Gasteiger charge is 2.23. The van der Waals surface area contributed by atoms with E-state index in [1.807, 2.05) is 56.3 Å². The Balaban J connectivity index is 1.77. The van der Waals surface area contributed by atoms with Crippen LogP contribution in [0.25, 0.3) is 0 Å². The predicted octanol–water partition coefficient (Wildman–Crippen LogP) is 4.37. The maximum absolute atomic E-state index is 13.1. The van der Waals surface area contributed by atoms with E-state index < -0.39 is 16.1 Å². The van der Waals surface area contributed by atoms with Crippen molar-refractivity contribution in [1.29, 1.82) is 0 Å². The summed E-state index contributed by atoms with van der Waals surface area (Å²) in [4.78, 5) is 13.1. The van der Waals surface area contributed by atoms with E-state index in [0.717, 1.165) is 28.5 Å². The fraction of sp³-hybridized carbons (Fsp3) is 0.269. The third-order valence-electron chi connectivity index (χ3n) is 5.54. The van der Waals surface area contributed by atoms with Crippen LogP contribution in [0, 0.1) is 13.8 Å². The number of hydrogen-bond acceptors (Lipinski definition) is 4. The van der Waals surface area contributed by atoms with E-state index >= 15 is 0 Å². The number of aryl methyl sites for hydroxylation is 2. The van der Waals surface area contributed by atoms with Gasteiger partial charge in [0, 0.05) is 7.05 Å². The zero-order valence-corrected chi connectivity index (χ0v) is 20.4. The lowest BCUT2D eigenvalue weighted by molar-refractivity contribution is -0.127. The maximum Gasteiger partial charge on any atom is 0.261 e. The van der Waals surface area contributed by atoms with Gasteiger partial charge in [-0.3, -0.25) is 9.10 Å². The van der Waals surface area contributed by atoms with Gasteiger partial charge in [-0.05, 0) is 61.7 Å². The first-order valence-corrected chi connectivity index (χ1v) is 12.5. The number of nitrogens with one attached hydrogen (secondary N) is 1. The van der Waals surface area contributed by atoms with Crippen molar-refractivity contribution in [2.75, 3.05) is 17.6 Å². The molecular formula is C26H30N2O4S. The molecule has 0 spiro atoms. The fourth-order valence-electron chi connectivity index (χ4n) is 3.58. The molecule has 0 aliphatic carbocycles. The molecule has 0 bridgehead atoms. The van der Waals surface area contributed by atoms with Crippen LogP contribution in [0.15, 0.2) is 72.8 Å². The first-order chi connectivity index (χ1) is 15.6. The largest absolute Gasteiger partial charge is 0.481 e. The van der Waals surface area contributed by atoms with Crippen LogP contribution >= 0.6 is 0 Å². The van der Waals surface area contributed by atoms with E-state index in [0.29, 0.717) is 11.4 Å². The second-order valence-electron chi connectivity index (χ2n) is 8.20. The molecule has 0 unspecified atom stereocenters. The third kappa shape index (κ3) is 6.14. The molecule has 0 aliphatic heterocycles. The molecule has 0 aromatic heterocycles. The van der Waals surface area contributed by atoms with Gasteiger partial charge in [0.1, 0.15) is 5.75 Å². The molecule has 0 fully saturated rings. The summed E-state index contributed by atoms with van der Waals surface area (Å²) in [7, 11) is -1.87. The van der Waals surface area contributed by atoms with Gasteiger partial charge < -0.3 is 10.1 Å². The van der Waals surface area contributed by atoms with E-state index in [1.165, 1.54) is 11.4 Å². The van der Waals surface area contributed by atoms with Gasteiger partial charge in [-0.1, -0.05) is 54.1 Å². The molecule has 7 heteroatoms. The third-order valence-corrected chi connectivity index (χ3v) is 6.74. The topological polar surface area (TPSA) is 75.7 Å². The van der Waals surface area contributed by atoms with Gasteiger partial charge in [-0.2, -0.15) is 0 Å². The molecule has 0 heterocycles. The molecule has 2 atom stereocenters. The minimum Gasteiger partial charge on any atom is -0.481 e. The van der Waals surface area contributed by atoms with Crippen LogP contribution in [0.1, 0.15) is 35.2 Å². The Morgan fingerprint density at radius 2 is 1.61 bits per heavy atom. The number of hydrogen-bond donors (Lipinski definition) is 1. The van der Waals surface area contributed by atoms with Crippen molar-refractivity contribution in [3.8, 4) is 5.75 Å². The lowest BCUT2D eigenvalue weighted by atomic mass is 9.93. The summed E-state index contributed by atoms with van der Waals surface area (Å²) in [5.41, 5.74) is 4.79. The van der Waals surface area contributed by atoms with Crippen LogP contribution in [0.4, 0.5) is 5.69 Å². The van der Waals surface area contributed by atoms with Gasteiger partial charge in [0.2, 0.25) is 10.0 Å². The Morgan fingerprint density at radius 1 is 0.970 bits per heavy atom. The lowest BCUT2D eigenvalue weighted by Crippen LogP contribution is -2.39. The molecule has 0 saturated carbocycles. The fourth-order valence-corrected chi connectivity index (χ4v) is 4.08. The van der Waals surface area contributed by atoms with Crippen molar-refractivity contribution in [3.63, 3.8) is 0 Å². The summed E-state index contributed by atoms with van der Waals surface area (Å²) < 4.78 is 30.4. The summed E-state index contributed by atoms with van der Waals surface area (Å²) in [6.07, 6.45) is 0.392. The molecule has 0 radical (unpaired) electrons. The number of amides is 1. The van der Waals surface area contributed by atoms with Gasteiger partial charge in [0.05, 0.1) is 18.0 Å². The van der Waals surface area contributed by atoms with Crippen molar-refractivity contribution in [2.24, 2.45) is 0 Å². The predicted molar refractivity (Wildman–Crippen MR) is 132 cm³/mol. The molecule has 3 rings (SSSR count). The molecule has 3 aromatic carbocycles. The van der Waals surface area contributed by atoms with Crippen molar-refractivity contribution in [1.82, 2.24) is 5.32 Å². The Labute approximate surface area is 196 Å². The highest BCUT2D eigenvalue weighted by Crippen LogP contribution is 2.26. The number of anilines is 1. The average molecular weight is 467 g/mol. The van der Waals surface area contributed by atoms with Crippen molar-refractivity contribution in [3.05, 3.63) is 95.1 Å². The standard InChI is InChI=1S/C26H30N2O4S/c1-18-11-16-24(19(2)17-18)25(21-9-7-6-8-10-21)27-26(29)20(3)32-23-14-12-22(13-15-23)28(4)33(5,30)31/h6-17,20,25H,1-5H3,(H,27,29)/t20-,25-/m1/s1. The average Bonchev–Trinajstić information content (AvgIpc) is 2.77. The minimum absolute atomic E-state index is 0.249. The molecule has 0 saturated heterocycles. The van der Waals surface area contributed by atoms with E-state index in [9.17, 15) is 13.2 Å². The Hall–Kier alpha value is -3.32. The molecule has 3 aromatic rings. The van der Waals surface area contributed by atoms with Gasteiger partial charge in [-0.25, -0.2) is 8.42 Å². The Kier molecular flexibility index (Phi) is 7.43. The van der Waals surface area contributed by atoms with Crippen LogP contribution in [0.2, 0.25) is 0 Å². The number of sulfonamides is 1. The smallest absolute Gasteiger partial charge is 0.261 e. The summed E-state index contributed by atoms with van der Waals surface area (Å²) in [5.74, 6) is 0.229. The van der Waals surface area contributed by atoms with Crippen LogP contribution < -0.4 is 14.4 Å². The van der Waals surface area contributed by atoms with Gasteiger partial charge in [0.25, 0.3) is 5.91 Å². The monoisotopic (exact) mass is 466 g/mol. The highest BCUT2D eigenvalue weighted by atomic mass is 32.2. The molecule has 1 amide bonds. The summed E-state index contributed by atoms with van der Waals surface area (Å²) in [6.45, 7) is 5.77. The molecule has 0 aliphatic rings. The number of ether oxygens (including phenoxy) is 1. The Bertz CT molecular complexity index is 1210. The van der Waals surface area contributed by atoms with Crippen LogP contribution in [0.3, 0.4) is 0 Å². The van der Waals surface area contributed by atoms with Crippen LogP contribution in [0.5, 0.6) is 5.75 Å². The van der Waals surface area contributed by atoms with Gasteiger partial charge in [0.15, 0.2) is 6.10 Å². The molecular weight excluding hydrogens is 436 g/mol. The first-order valence-electron chi connectivity index (χ1n) is 10.7. The zero-order chi connectivity index (χ0) is 24.2. The number of carbonyl (C=O) groups is 1. The molecule has 174 valence electrons. The summed E-state index contributed by atoms with van der Waals surface area (Å²) in [5, 5.41) is 3.13. The summed E-state index contributed by atoms with van der Waals surface area (Å²) in [6, 6.07) is 22.3. The summed E-state index contributed by atoms with van der Waals surface area (Å²) >= 11 is 0. The van der Waals surface area contributed by atoms with E-state index in [-0.39, 0.29) is 11.9 Å². The van der Waals surface area contributed by atoms with Gasteiger partial charge >= 0.3 is 0 Å². The van der Waals surface area contributed by atoms with E-state index in [2.05, 4.69) is 11.4 Å². The quantitative estimate of drug-likeness (QED) is 0.535. The lowest BCUT2D eigenvalue weighted by Gasteiger charge is -2.24. The maximum atomic E-state index is 13.1. The first kappa shape index (κ1) is 24.3. The molecule has 1 N–H and O–H groups in total. The van der Waals surface area contributed by atoms with Crippen molar-refractivity contribution >= 4 is 21.6 Å². The van der Waals surface area contributed by atoms with Crippen molar-refractivity contribution in [2.45, 2.75) is 32.9 Å². The van der Waals surface area contributed by atoms with E-state index in [1.54, 1.807) is 31.2 Å². The van der Waals surface area contributed by atoms with Crippen LogP contribution in [-0.2, 0) is 14.8 Å². The second-order valence-corrected chi connectivity index (χ2v) is 10.2.